The lowest BCUT2D eigenvalue weighted by atomic mass is 10.4. The predicted molar refractivity (Wildman–Crippen MR) is 89.5 cm³/mol. The summed E-state index contributed by atoms with van der Waals surface area (Å²) < 4.78 is 33.0. The third-order valence-electron chi connectivity index (χ3n) is 3.57. The summed E-state index contributed by atoms with van der Waals surface area (Å²) in [6.07, 6.45) is 0.776. The Kier molecular flexibility index (Phi) is 6.10. The maximum atomic E-state index is 12.6. The Bertz CT molecular complexity index is 773. The van der Waals surface area contributed by atoms with E-state index in [1.165, 1.54) is 23.7 Å². The van der Waals surface area contributed by atoms with E-state index < -0.39 is 16.1 Å². The molecule has 0 aromatic carbocycles. The molecule has 24 heavy (non-hydrogen) atoms. The summed E-state index contributed by atoms with van der Waals surface area (Å²) in [5.41, 5.74) is 0.511. The van der Waals surface area contributed by atoms with Crippen molar-refractivity contribution in [3.8, 4) is 0 Å². The monoisotopic (exact) mass is 357 g/mol. The van der Waals surface area contributed by atoms with Gasteiger partial charge in [0.15, 0.2) is 5.65 Å². The average Bonchev–Trinajstić information content (AvgIpc) is 2.96. The molecule has 9 nitrogen and oxygen atoms in total. The molecule has 0 spiro atoms. The Hall–Kier alpha value is -1.75. The van der Waals surface area contributed by atoms with Crippen molar-refractivity contribution in [2.75, 3.05) is 38.7 Å². The van der Waals surface area contributed by atoms with Gasteiger partial charge in [0, 0.05) is 32.9 Å². The Labute approximate surface area is 141 Å². The molecule has 2 aromatic rings. The van der Waals surface area contributed by atoms with Crippen LogP contribution in [0.1, 0.15) is 13.8 Å². The molecule has 0 aliphatic heterocycles. The van der Waals surface area contributed by atoms with Gasteiger partial charge in [-0.05, 0) is 12.1 Å². The fraction of sp³-hybridized carbons (Fsp3) is 0.571. The summed E-state index contributed by atoms with van der Waals surface area (Å²) >= 11 is 0. The van der Waals surface area contributed by atoms with Crippen LogP contribution in [0.3, 0.4) is 0 Å². The first kappa shape index (κ1) is 18.6. The molecule has 0 radical (unpaired) electrons. The Morgan fingerprint density at radius 1 is 1.33 bits per heavy atom. The summed E-state index contributed by atoms with van der Waals surface area (Å²) in [5, 5.41) is 20.6. The number of anilines is 1. The number of hydrogen-bond donors (Lipinski definition) is 2. The number of aliphatic hydroxyl groups is 1. The summed E-state index contributed by atoms with van der Waals surface area (Å²) in [7, 11) is -2.07. The van der Waals surface area contributed by atoms with Gasteiger partial charge in [0.2, 0.25) is 16.0 Å². The molecule has 0 aliphatic carbocycles. The number of sulfonamides is 1. The molecular formula is C14H23N5O4S. The molecule has 0 fully saturated rings. The number of hydrogen-bond acceptors (Lipinski definition) is 7. The smallest absolute Gasteiger partial charge is 0.244 e. The minimum Gasteiger partial charge on any atom is -0.389 e. The Morgan fingerprint density at radius 3 is 2.67 bits per heavy atom. The van der Waals surface area contributed by atoms with E-state index >= 15 is 0 Å². The molecule has 1 atom stereocenters. The third kappa shape index (κ3) is 3.83. The molecule has 2 aromatic heterocycles. The Balaban J connectivity index is 2.31. The van der Waals surface area contributed by atoms with E-state index in [1.807, 2.05) is 0 Å². The lowest BCUT2D eigenvalue weighted by Crippen LogP contribution is -2.30. The molecule has 134 valence electrons. The lowest BCUT2D eigenvalue weighted by Gasteiger charge is -2.18. The lowest BCUT2D eigenvalue weighted by molar-refractivity contribution is 0.0726. The zero-order chi connectivity index (χ0) is 17.7. The predicted octanol–water partition coefficient (Wildman–Crippen LogP) is 0.179. The summed E-state index contributed by atoms with van der Waals surface area (Å²) in [5.74, 6) is 0.358. The third-order valence-corrected chi connectivity index (χ3v) is 5.61. The van der Waals surface area contributed by atoms with Crippen LogP contribution in [-0.4, -0.2) is 71.9 Å². The van der Waals surface area contributed by atoms with Gasteiger partial charge in [-0.25, -0.2) is 8.42 Å². The van der Waals surface area contributed by atoms with Crippen LogP contribution in [0.15, 0.2) is 23.2 Å². The van der Waals surface area contributed by atoms with Crippen LogP contribution in [0.25, 0.3) is 5.65 Å². The number of fused-ring (bicyclic) bond motifs is 1. The van der Waals surface area contributed by atoms with Gasteiger partial charge in [0.25, 0.3) is 0 Å². The molecule has 0 aliphatic rings. The van der Waals surface area contributed by atoms with Gasteiger partial charge in [-0.1, -0.05) is 13.8 Å². The second-order valence-corrected chi connectivity index (χ2v) is 7.13. The van der Waals surface area contributed by atoms with E-state index in [0.29, 0.717) is 24.7 Å². The highest BCUT2D eigenvalue weighted by atomic mass is 32.2. The van der Waals surface area contributed by atoms with Gasteiger partial charge in [-0.15, -0.1) is 10.2 Å². The fourth-order valence-corrected chi connectivity index (χ4v) is 3.77. The number of methoxy groups -OCH3 is 1. The van der Waals surface area contributed by atoms with E-state index in [2.05, 4.69) is 15.5 Å². The van der Waals surface area contributed by atoms with Crippen molar-refractivity contribution in [1.82, 2.24) is 18.9 Å². The average molecular weight is 357 g/mol. The van der Waals surface area contributed by atoms with Crippen LogP contribution in [0.2, 0.25) is 0 Å². The molecule has 2 N–H and O–H groups in total. The number of nitrogens with zero attached hydrogens (tertiary/aromatic N) is 4. The molecule has 10 heteroatoms. The van der Waals surface area contributed by atoms with E-state index in [-0.39, 0.29) is 18.0 Å². The van der Waals surface area contributed by atoms with E-state index in [0.717, 1.165) is 0 Å². The van der Waals surface area contributed by atoms with Gasteiger partial charge < -0.3 is 15.2 Å². The molecular weight excluding hydrogens is 334 g/mol. The number of aliphatic hydroxyl groups excluding tert-OH is 1. The van der Waals surface area contributed by atoms with Crippen LogP contribution < -0.4 is 5.32 Å². The molecule has 0 saturated heterocycles. The highest BCUT2D eigenvalue weighted by molar-refractivity contribution is 7.89. The SMILES string of the molecule is CCN(CC)S(=O)(=O)c1ccc2nnc(NCC(O)COC)n2c1. The quantitative estimate of drug-likeness (QED) is 0.659. The molecule has 2 rings (SSSR count). The number of nitrogens with one attached hydrogen (secondary N) is 1. The minimum absolute atomic E-state index is 0.166. The maximum absolute atomic E-state index is 12.6. The summed E-state index contributed by atoms with van der Waals surface area (Å²) in [6.45, 7) is 4.78. The number of ether oxygens (including phenoxy) is 1. The molecule has 0 saturated carbocycles. The Morgan fingerprint density at radius 2 is 2.04 bits per heavy atom. The number of pyridine rings is 1. The van der Waals surface area contributed by atoms with Crippen molar-refractivity contribution < 1.29 is 18.3 Å². The van der Waals surface area contributed by atoms with Crippen LogP contribution in [0, 0.1) is 0 Å². The van der Waals surface area contributed by atoms with E-state index in [4.69, 9.17) is 4.74 Å². The highest BCUT2D eigenvalue weighted by Gasteiger charge is 2.22. The number of aromatic nitrogens is 3. The second kappa shape index (κ2) is 7.88. The van der Waals surface area contributed by atoms with Gasteiger partial charge in [-0.3, -0.25) is 4.40 Å². The van der Waals surface area contributed by atoms with Gasteiger partial charge in [0.05, 0.1) is 17.6 Å². The van der Waals surface area contributed by atoms with Crippen molar-refractivity contribution in [3.05, 3.63) is 18.3 Å². The van der Waals surface area contributed by atoms with Gasteiger partial charge in [-0.2, -0.15) is 4.31 Å². The number of rotatable bonds is 9. The topological polar surface area (TPSA) is 109 Å². The second-order valence-electron chi connectivity index (χ2n) is 5.20. The summed E-state index contributed by atoms with van der Waals surface area (Å²) in [6, 6.07) is 3.11. The van der Waals surface area contributed by atoms with E-state index in [9.17, 15) is 13.5 Å². The normalized spacial score (nSPS) is 13.5. The largest absolute Gasteiger partial charge is 0.389 e. The highest BCUT2D eigenvalue weighted by Crippen LogP contribution is 2.18. The van der Waals surface area contributed by atoms with Gasteiger partial charge in [0.1, 0.15) is 0 Å². The van der Waals surface area contributed by atoms with Gasteiger partial charge >= 0.3 is 0 Å². The van der Waals surface area contributed by atoms with Crippen molar-refractivity contribution in [2.24, 2.45) is 0 Å². The zero-order valence-corrected chi connectivity index (χ0v) is 14.8. The summed E-state index contributed by atoms with van der Waals surface area (Å²) in [4.78, 5) is 0.166. The first-order chi connectivity index (χ1) is 11.4. The first-order valence-corrected chi connectivity index (χ1v) is 9.13. The van der Waals surface area contributed by atoms with Crippen LogP contribution >= 0.6 is 0 Å². The fourth-order valence-electron chi connectivity index (χ4n) is 2.32. The zero-order valence-electron chi connectivity index (χ0n) is 14.0. The first-order valence-electron chi connectivity index (χ1n) is 7.69. The minimum atomic E-state index is -3.57. The van der Waals surface area contributed by atoms with Crippen molar-refractivity contribution in [2.45, 2.75) is 24.8 Å². The molecule has 0 bridgehead atoms. The van der Waals surface area contributed by atoms with Crippen LogP contribution in [0.4, 0.5) is 5.95 Å². The van der Waals surface area contributed by atoms with Crippen LogP contribution in [0.5, 0.6) is 0 Å². The standard InChI is InChI=1S/C14H23N5O4S/c1-4-18(5-2)24(21,22)12-6-7-13-16-17-14(19(13)9-12)15-8-11(20)10-23-3/h6-7,9,11,20H,4-5,8,10H2,1-3H3,(H,15,17). The molecule has 0 amide bonds. The van der Waals surface area contributed by atoms with E-state index in [1.54, 1.807) is 24.3 Å². The maximum Gasteiger partial charge on any atom is 0.244 e. The molecule has 2 heterocycles. The van der Waals surface area contributed by atoms with Crippen LogP contribution in [-0.2, 0) is 14.8 Å². The van der Waals surface area contributed by atoms with Crippen molar-refractivity contribution >= 4 is 21.6 Å². The molecule has 1 unspecified atom stereocenters. The van der Waals surface area contributed by atoms with Crippen molar-refractivity contribution in [1.29, 1.82) is 0 Å². The van der Waals surface area contributed by atoms with Crippen molar-refractivity contribution in [3.63, 3.8) is 0 Å².